The summed E-state index contributed by atoms with van der Waals surface area (Å²) < 4.78 is 10.8. The zero-order valence-electron chi connectivity index (χ0n) is 17.6. The zero-order valence-corrected chi connectivity index (χ0v) is 18.3. The minimum Gasteiger partial charge on any atom is -0.490 e. The first-order chi connectivity index (χ1) is 16.1. The monoisotopic (exact) mass is 488 g/mol. The number of rotatable bonds is 8. The van der Waals surface area contributed by atoms with Crippen LogP contribution in [-0.4, -0.2) is 41.9 Å². The van der Waals surface area contributed by atoms with E-state index in [1.165, 1.54) is 36.4 Å². The number of primary amides is 1. The number of carbonyl (C=O) groups excluding carboxylic acids is 4. The molecule has 1 heterocycles. The molecule has 12 nitrogen and oxygen atoms in total. The van der Waals surface area contributed by atoms with E-state index in [-0.39, 0.29) is 40.1 Å². The van der Waals surface area contributed by atoms with Crippen molar-refractivity contribution in [2.75, 3.05) is 18.1 Å². The number of hydrogen-bond donors (Lipinski definition) is 2. The summed E-state index contributed by atoms with van der Waals surface area (Å²) in [5, 5.41) is 13.1. The molecule has 0 spiro atoms. The highest BCUT2D eigenvalue weighted by atomic mass is 35.5. The van der Waals surface area contributed by atoms with Gasteiger partial charge in [0, 0.05) is 12.1 Å². The van der Waals surface area contributed by atoms with Gasteiger partial charge in [-0.15, -0.1) is 0 Å². The standard InChI is InChI=1S/C21H17ClN4O8/c1-2-33-16-8-11(7-15(22)18(16)34-10-17(23)27)6-14-19(28)24-21(30)25(20(14)29)12-4-3-5-13(9-12)26(31)32/h3-9H,2,10H2,1H3,(H2,23,27)(H,24,28,30)/b14-6+. The molecule has 2 aromatic carbocycles. The largest absolute Gasteiger partial charge is 0.490 e. The maximum atomic E-state index is 13.0. The molecule has 5 amide bonds. The second-order valence-corrected chi connectivity index (χ2v) is 7.16. The lowest BCUT2D eigenvalue weighted by atomic mass is 10.1. The summed E-state index contributed by atoms with van der Waals surface area (Å²) in [4.78, 5) is 59.8. The molecular formula is C21H17ClN4O8. The molecule has 1 fully saturated rings. The van der Waals surface area contributed by atoms with Crippen LogP contribution in [0.5, 0.6) is 11.5 Å². The number of nitrogens with one attached hydrogen (secondary N) is 1. The Bertz CT molecular complexity index is 1240. The van der Waals surface area contributed by atoms with E-state index in [0.29, 0.717) is 4.90 Å². The quantitative estimate of drug-likeness (QED) is 0.246. The number of benzene rings is 2. The summed E-state index contributed by atoms with van der Waals surface area (Å²) >= 11 is 6.24. The third kappa shape index (κ3) is 5.13. The van der Waals surface area contributed by atoms with E-state index in [2.05, 4.69) is 0 Å². The van der Waals surface area contributed by atoms with Gasteiger partial charge in [-0.1, -0.05) is 17.7 Å². The molecule has 0 saturated carbocycles. The van der Waals surface area contributed by atoms with Gasteiger partial charge < -0.3 is 15.2 Å². The number of nitrogens with zero attached hydrogens (tertiary/aromatic N) is 2. The van der Waals surface area contributed by atoms with Gasteiger partial charge in [0.1, 0.15) is 5.57 Å². The summed E-state index contributed by atoms with van der Waals surface area (Å²) in [5.74, 6) is -2.55. The fourth-order valence-electron chi connectivity index (χ4n) is 3.02. The van der Waals surface area contributed by atoms with Crippen molar-refractivity contribution in [2.24, 2.45) is 5.73 Å². The number of carbonyl (C=O) groups is 4. The smallest absolute Gasteiger partial charge is 0.335 e. The van der Waals surface area contributed by atoms with Crippen LogP contribution >= 0.6 is 11.6 Å². The normalized spacial score (nSPS) is 14.7. The van der Waals surface area contributed by atoms with Crippen molar-refractivity contribution in [3.05, 3.63) is 62.7 Å². The minimum absolute atomic E-state index is 0.00864. The topological polar surface area (TPSA) is 171 Å². The molecule has 0 atom stereocenters. The van der Waals surface area contributed by atoms with Crippen LogP contribution < -0.4 is 25.4 Å². The minimum atomic E-state index is -1.06. The summed E-state index contributed by atoms with van der Waals surface area (Å²) in [6, 6.07) is 6.53. The second-order valence-electron chi connectivity index (χ2n) is 6.75. The number of imide groups is 2. The number of anilines is 1. The van der Waals surface area contributed by atoms with Crippen LogP contribution in [0.1, 0.15) is 12.5 Å². The van der Waals surface area contributed by atoms with Gasteiger partial charge in [-0.25, -0.2) is 9.69 Å². The maximum Gasteiger partial charge on any atom is 0.335 e. The lowest BCUT2D eigenvalue weighted by Crippen LogP contribution is -2.54. The SMILES string of the molecule is CCOc1cc(/C=C2\C(=O)NC(=O)N(c3cccc([N+](=O)[O-])c3)C2=O)cc(Cl)c1OCC(N)=O. The van der Waals surface area contributed by atoms with Gasteiger partial charge in [-0.05, 0) is 36.8 Å². The summed E-state index contributed by atoms with van der Waals surface area (Å²) in [6.07, 6.45) is 1.17. The average Bonchev–Trinajstić information content (AvgIpc) is 2.76. The molecule has 2 aromatic rings. The van der Waals surface area contributed by atoms with E-state index < -0.39 is 40.9 Å². The van der Waals surface area contributed by atoms with Crippen molar-refractivity contribution in [2.45, 2.75) is 6.92 Å². The van der Waals surface area contributed by atoms with E-state index >= 15 is 0 Å². The van der Waals surface area contributed by atoms with Crippen LogP contribution in [0.3, 0.4) is 0 Å². The molecule has 13 heteroatoms. The van der Waals surface area contributed by atoms with Crippen LogP contribution in [-0.2, 0) is 14.4 Å². The Morgan fingerprint density at radius 2 is 1.97 bits per heavy atom. The number of hydrogen-bond acceptors (Lipinski definition) is 8. The van der Waals surface area contributed by atoms with E-state index in [0.717, 1.165) is 6.07 Å². The van der Waals surface area contributed by atoms with Crippen LogP contribution in [0.15, 0.2) is 42.0 Å². The Morgan fingerprint density at radius 3 is 2.62 bits per heavy atom. The number of nitro benzene ring substituents is 1. The van der Waals surface area contributed by atoms with Gasteiger partial charge in [0.05, 0.1) is 22.2 Å². The molecule has 3 rings (SSSR count). The predicted molar refractivity (Wildman–Crippen MR) is 119 cm³/mol. The summed E-state index contributed by atoms with van der Waals surface area (Å²) in [5.41, 5.74) is 4.45. The number of nitro groups is 1. The number of amides is 5. The van der Waals surface area contributed by atoms with Gasteiger partial charge in [-0.3, -0.25) is 29.8 Å². The summed E-state index contributed by atoms with van der Waals surface area (Å²) in [7, 11) is 0. The Labute approximate surface area is 197 Å². The van der Waals surface area contributed by atoms with Crippen LogP contribution in [0.2, 0.25) is 5.02 Å². The van der Waals surface area contributed by atoms with E-state index in [9.17, 15) is 29.3 Å². The summed E-state index contributed by atoms with van der Waals surface area (Å²) in [6.45, 7) is 1.44. The number of ether oxygens (including phenoxy) is 2. The molecule has 0 unspecified atom stereocenters. The van der Waals surface area contributed by atoms with Gasteiger partial charge in [0.2, 0.25) is 0 Å². The highest BCUT2D eigenvalue weighted by Gasteiger charge is 2.37. The van der Waals surface area contributed by atoms with E-state index in [1.54, 1.807) is 6.92 Å². The molecule has 0 aromatic heterocycles. The number of urea groups is 1. The lowest BCUT2D eigenvalue weighted by molar-refractivity contribution is -0.384. The van der Waals surface area contributed by atoms with Crippen molar-refractivity contribution in [1.82, 2.24) is 5.32 Å². The number of halogens is 1. The van der Waals surface area contributed by atoms with Gasteiger partial charge in [-0.2, -0.15) is 0 Å². The van der Waals surface area contributed by atoms with Crippen molar-refractivity contribution in [1.29, 1.82) is 0 Å². The maximum absolute atomic E-state index is 13.0. The molecule has 0 radical (unpaired) electrons. The number of barbiturate groups is 1. The Balaban J connectivity index is 2.02. The van der Waals surface area contributed by atoms with Crippen LogP contribution in [0, 0.1) is 10.1 Å². The first-order valence-corrected chi connectivity index (χ1v) is 10.0. The van der Waals surface area contributed by atoms with Crippen LogP contribution in [0.4, 0.5) is 16.2 Å². The third-order valence-electron chi connectivity index (χ3n) is 4.40. The zero-order chi connectivity index (χ0) is 25.0. The average molecular weight is 489 g/mol. The molecule has 1 aliphatic rings. The highest BCUT2D eigenvalue weighted by Crippen LogP contribution is 2.37. The first kappa shape index (κ1) is 24.2. The van der Waals surface area contributed by atoms with Gasteiger partial charge >= 0.3 is 6.03 Å². The van der Waals surface area contributed by atoms with Crippen molar-refractivity contribution in [3.63, 3.8) is 0 Å². The molecule has 0 bridgehead atoms. The van der Waals surface area contributed by atoms with Crippen molar-refractivity contribution < 1.29 is 33.6 Å². The highest BCUT2D eigenvalue weighted by molar-refractivity contribution is 6.39. The van der Waals surface area contributed by atoms with E-state index in [4.69, 9.17) is 26.8 Å². The Kier molecular flexibility index (Phi) is 7.12. The molecular weight excluding hydrogens is 472 g/mol. The lowest BCUT2D eigenvalue weighted by Gasteiger charge is -2.26. The molecule has 1 saturated heterocycles. The Hall–Kier alpha value is -4.45. The third-order valence-corrected chi connectivity index (χ3v) is 4.68. The fraction of sp³-hybridized carbons (Fsp3) is 0.143. The van der Waals surface area contributed by atoms with Crippen LogP contribution in [0.25, 0.3) is 6.08 Å². The van der Waals surface area contributed by atoms with E-state index in [1.807, 2.05) is 5.32 Å². The predicted octanol–water partition coefficient (Wildman–Crippen LogP) is 2.18. The fourth-order valence-corrected chi connectivity index (χ4v) is 3.30. The Morgan fingerprint density at radius 1 is 1.24 bits per heavy atom. The van der Waals surface area contributed by atoms with Gasteiger partial charge in [0.15, 0.2) is 18.1 Å². The number of nitrogens with two attached hydrogens (primary N) is 1. The first-order valence-electron chi connectivity index (χ1n) is 9.65. The van der Waals surface area contributed by atoms with Crippen molar-refractivity contribution in [3.8, 4) is 11.5 Å². The van der Waals surface area contributed by atoms with Gasteiger partial charge in [0.25, 0.3) is 23.4 Å². The molecule has 176 valence electrons. The number of non-ortho nitro benzene ring substituents is 1. The molecule has 3 N–H and O–H groups in total. The molecule has 34 heavy (non-hydrogen) atoms. The molecule has 1 aliphatic heterocycles. The molecule has 0 aliphatic carbocycles. The van der Waals surface area contributed by atoms with Crippen molar-refractivity contribution >= 4 is 52.8 Å². The second kappa shape index (κ2) is 10.0.